The van der Waals surface area contributed by atoms with Crippen molar-refractivity contribution in [3.63, 3.8) is 0 Å². The van der Waals surface area contributed by atoms with Crippen molar-refractivity contribution in [3.05, 3.63) is 22.4 Å². The molecule has 2 nitrogen and oxygen atoms in total. The van der Waals surface area contributed by atoms with Crippen LogP contribution in [0.25, 0.3) is 0 Å². The number of hydrogen-bond donors (Lipinski definition) is 1. The van der Waals surface area contributed by atoms with Crippen molar-refractivity contribution >= 4 is 11.3 Å². The van der Waals surface area contributed by atoms with Gasteiger partial charge in [0.25, 0.3) is 0 Å². The predicted octanol–water partition coefficient (Wildman–Crippen LogP) is 4.25. The average Bonchev–Trinajstić information content (AvgIpc) is 2.98. The second-order valence-corrected chi connectivity index (χ2v) is 7.07. The number of thiophene rings is 1. The van der Waals surface area contributed by atoms with Crippen molar-refractivity contribution in [3.8, 4) is 0 Å². The Hall–Kier alpha value is -0.380. The average molecular weight is 295 g/mol. The smallest absolute Gasteiger partial charge is 0.0834 e. The van der Waals surface area contributed by atoms with E-state index < -0.39 is 0 Å². The maximum Gasteiger partial charge on any atom is 0.0834 e. The van der Waals surface area contributed by atoms with Crippen LogP contribution in [0.5, 0.6) is 0 Å². The summed E-state index contributed by atoms with van der Waals surface area (Å²) in [5.74, 6) is 0.853. The fraction of sp³-hybridized carbons (Fsp3) is 0.765. The monoisotopic (exact) mass is 295 g/mol. The highest BCUT2D eigenvalue weighted by Crippen LogP contribution is 2.38. The van der Waals surface area contributed by atoms with Gasteiger partial charge in [-0.05, 0) is 73.4 Å². The molecule has 0 saturated heterocycles. The van der Waals surface area contributed by atoms with Crippen molar-refractivity contribution in [2.45, 2.75) is 64.0 Å². The lowest BCUT2D eigenvalue weighted by molar-refractivity contribution is -0.0745. The van der Waals surface area contributed by atoms with Gasteiger partial charge < -0.3 is 10.1 Å². The molecule has 1 saturated carbocycles. The first kappa shape index (κ1) is 16.0. The molecular formula is C17H29NOS. The Balaban J connectivity index is 2.10. The third kappa shape index (κ3) is 3.84. The van der Waals surface area contributed by atoms with Gasteiger partial charge in [-0.25, -0.2) is 0 Å². The van der Waals surface area contributed by atoms with E-state index >= 15 is 0 Å². The Bertz CT molecular complexity index is 368. The Morgan fingerprint density at radius 1 is 1.45 bits per heavy atom. The lowest BCUT2D eigenvalue weighted by Crippen LogP contribution is -2.55. The molecule has 0 spiro atoms. The Morgan fingerprint density at radius 2 is 2.20 bits per heavy atom. The fourth-order valence-electron chi connectivity index (χ4n) is 3.35. The van der Waals surface area contributed by atoms with Crippen molar-refractivity contribution in [1.29, 1.82) is 0 Å². The van der Waals surface area contributed by atoms with Crippen LogP contribution in [0.3, 0.4) is 0 Å². The van der Waals surface area contributed by atoms with Gasteiger partial charge in [-0.3, -0.25) is 0 Å². The minimum absolute atomic E-state index is 0.0314. The molecule has 2 rings (SSSR count). The van der Waals surface area contributed by atoms with Gasteiger partial charge in [0, 0.05) is 13.2 Å². The summed E-state index contributed by atoms with van der Waals surface area (Å²) in [5, 5.41) is 8.21. The zero-order chi connectivity index (χ0) is 14.4. The minimum Gasteiger partial charge on any atom is -0.377 e. The van der Waals surface area contributed by atoms with Crippen LogP contribution < -0.4 is 5.32 Å². The van der Waals surface area contributed by atoms with E-state index in [4.69, 9.17) is 4.74 Å². The van der Waals surface area contributed by atoms with E-state index in [1.165, 1.54) is 37.7 Å². The Morgan fingerprint density at radius 3 is 2.75 bits per heavy atom. The summed E-state index contributed by atoms with van der Waals surface area (Å²) in [5.41, 5.74) is 1.47. The normalized spacial score (nSPS) is 28.4. The molecule has 1 unspecified atom stereocenters. The summed E-state index contributed by atoms with van der Waals surface area (Å²) < 4.78 is 6.08. The Labute approximate surface area is 127 Å². The number of nitrogens with one attached hydrogen (secondary N) is 1. The lowest BCUT2D eigenvalue weighted by Gasteiger charge is -2.44. The third-order valence-corrected chi connectivity index (χ3v) is 5.55. The predicted molar refractivity (Wildman–Crippen MR) is 87.5 cm³/mol. The van der Waals surface area contributed by atoms with Crippen LogP contribution in [-0.2, 0) is 11.2 Å². The van der Waals surface area contributed by atoms with E-state index in [-0.39, 0.29) is 5.60 Å². The zero-order valence-electron chi connectivity index (χ0n) is 13.2. The van der Waals surface area contributed by atoms with E-state index in [1.54, 1.807) is 11.3 Å². The van der Waals surface area contributed by atoms with E-state index in [0.717, 1.165) is 18.9 Å². The SMILES string of the molecule is CCCNC(Cc1ccsc1)C1(OC)CCC(C)CC1. The molecule has 1 aliphatic carbocycles. The van der Waals surface area contributed by atoms with Gasteiger partial charge in [-0.2, -0.15) is 11.3 Å². The molecule has 1 aromatic heterocycles. The van der Waals surface area contributed by atoms with Gasteiger partial charge in [0.05, 0.1) is 5.60 Å². The summed E-state index contributed by atoms with van der Waals surface area (Å²) in [6, 6.07) is 2.69. The summed E-state index contributed by atoms with van der Waals surface area (Å²) in [6.45, 7) is 5.68. The van der Waals surface area contributed by atoms with Crippen LogP contribution in [0.2, 0.25) is 0 Å². The molecule has 1 heterocycles. The molecule has 1 atom stereocenters. The van der Waals surface area contributed by atoms with Crippen molar-refractivity contribution in [2.75, 3.05) is 13.7 Å². The van der Waals surface area contributed by atoms with Gasteiger partial charge in [0.1, 0.15) is 0 Å². The van der Waals surface area contributed by atoms with E-state index in [2.05, 4.69) is 36.0 Å². The van der Waals surface area contributed by atoms with Crippen molar-refractivity contribution in [1.82, 2.24) is 5.32 Å². The number of methoxy groups -OCH3 is 1. The van der Waals surface area contributed by atoms with Crippen LogP contribution in [0.4, 0.5) is 0 Å². The van der Waals surface area contributed by atoms with Crippen molar-refractivity contribution in [2.24, 2.45) is 5.92 Å². The highest BCUT2D eigenvalue weighted by atomic mass is 32.1. The maximum atomic E-state index is 6.08. The molecular weight excluding hydrogens is 266 g/mol. The van der Waals surface area contributed by atoms with Crippen LogP contribution in [0, 0.1) is 5.92 Å². The third-order valence-electron chi connectivity index (χ3n) is 4.82. The zero-order valence-corrected chi connectivity index (χ0v) is 14.0. The highest BCUT2D eigenvalue weighted by Gasteiger charge is 2.41. The lowest BCUT2D eigenvalue weighted by atomic mass is 9.74. The molecule has 0 aromatic carbocycles. The molecule has 114 valence electrons. The molecule has 0 amide bonds. The van der Waals surface area contributed by atoms with Crippen LogP contribution >= 0.6 is 11.3 Å². The molecule has 3 heteroatoms. The highest BCUT2D eigenvalue weighted by molar-refractivity contribution is 7.07. The van der Waals surface area contributed by atoms with Gasteiger partial charge >= 0.3 is 0 Å². The van der Waals surface area contributed by atoms with Crippen LogP contribution in [0.1, 0.15) is 51.5 Å². The van der Waals surface area contributed by atoms with E-state index in [0.29, 0.717) is 6.04 Å². The van der Waals surface area contributed by atoms with E-state index in [1.807, 2.05) is 7.11 Å². The maximum absolute atomic E-state index is 6.08. The molecule has 0 bridgehead atoms. The van der Waals surface area contributed by atoms with Gasteiger partial charge in [0.2, 0.25) is 0 Å². The first-order chi connectivity index (χ1) is 9.70. The largest absolute Gasteiger partial charge is 0.377 e. The molecule has 1 aliphatic rings. The summed E-state index contributed by atoms with van der Waals surface area (Å²) in [4.78, 5) is 0. The van der Waals surface area contributed by atoms with Gasteiger partial charge in [0.15, 0.2) is 0 Å². The molecule has 1 aromatic rings. The minimum atomic E-state index is 0.0314. The number of rotatable bonds is 7. The molecule has 1 N–H and O–H groups in total. The molecule has 1 fully saturated rings. The topological polar surface area (TPSA) is 21.3 Å². The van der Waals surface area contributed by atoms with Crippen molar-refractivity contribution < 1.29 is 4.74 Å². The van der Waals surface area contributed by atoms with Crippen LogP contribution in [0.15, 0.2) is 16.8 Å². The van der Waals surface area contributed by atoms with Gasteiger partial charge in [-0.15, -0.1) is 0 Å². The summed E-state index contributed by atoms with van der Waals surface area (Å²) in [6.07, 6.45) is 7.23. The second-order valence-electron chi connectivity index (χ2n) is 6.29. The molecule has 0 aliphatic heterocycles. The summed E-state index contributed by atoms with van der Waals surface area (Å²) in [7, 11) is 1.91. The standard InChI is InChI=1S/C17H29NOS/c1-4-10-18-16(12-15-7-11-20-13-15)17(19-3)8-5-14(2)6-9-17/h7,11,13-14,16,18H,4-6,8-10,12H2,1-3H3. The number of ether oxygens (including phenoxy) is 1. The Kier molecular flexibility index (Phi) is 6.06. The van der Waals surface area contributed by atoms with Crippen LogP contribution in [-0.4, -0.2) is 25.3 Å². The quantitative estimate of drug-likeness (QED) is 0.812. The number of hydrogen-bond acceptors (Lipinski definition) is 3. The van der Waals surface area contributed by atoms with E-state index in [9.17, 15) is 0 Å². The fourth-order valence-corrected chi connectivity index (χ4v) is 4.03. The van der Waals surface area contributed by atoms with Gasteiger partial charge in [-0.1, -0.05) is 13.8 Å². The second kappa shape index (κ2) is 7.58. The molecule has 20 heavy (non-hydrogen) atoms. The molecule has 0 radical (unpaired) electrons. The first-order valence-corrected chi connectivity index (χ1v) is 8.94. The first-order valence-electron chi connectivity index (χ1n) is 8.00. The summed E-state index contributed by atoms with van der Waals surface area (Å²) >= 11 is 1.79.